The summed E-state index contributed by atoms with van der Waals surface area (Å²) in [5, 5.41) is 12.6. The molecule has 0 saturated carbocycles. The van der Waals surface area contributed by atoms with Crippen molar-refractivity contribution in [2.24, 2.45) is 5.92 Å². The van der Waals surface area contributed by atoms with Crippen LogP contribution in [0.1, 0.15) is 20.3 Å². The Labute approximate surface area is 201 Å². The summed E-state index contributed by atoms with van der Waals surface area (Å²) in [6.07, 6.45) is 0.843. The Balaban J connectivity index is 1.62. The van der Waals surface area contributed by atoms with Gasteiger partial charge in [0.15, 0.2) is 5.16 Å². The van der Waals surface area contributed by atoms with Gasteiger partial charge in [-0.05, 0) is 36.6 Å². The predicted molar refractivity (Wildman–Crippen MR) is 133 cm³/mol. The summed E-state index contributed by atoms with van der Waals surface area (Å²) in [6.45, 7) is 4.78. The number of fused-ring (bicyclic) bond motifs is 3. The number of hydrogen-bond donors (Lipinski definition) is 1. The van der Waals surface area contributed by atoms with Crippen LogP contribution in [-0.2, 0) is 11.3 Å². The average molecular weight is 482 g/mol. The Morgan fingerprint density at radius 1 is 1.12 bits per heavy atom. The van der Waals surface area contributed by atoms with Gasteiger partial charge in [0.1, 0.15) is 11.5 Å². The van der Waals surface area contributed by atoms with Crippen molar-refractivity contribution in [3.05, 3.63) is 52.8 Å². The van der Waals surface area contributed by atoms with Gasteiger partial charge in [0.05, 0.1) is 36.6 Å². The average Bonchev–Trinajstić information content (AvgIpc) is 3.26. The third-order valence-electron chi connectivity index (χ3n) is 5.42. The number of methoxy groups -OCH3 is 2. The lowest BCUT2D eigenvalue weighted by atomic mass is 10.1. The van der Waals surface area contributed by atoms with Crippen molar-refractivity contribution in [1.29, 1.82) is 0 Å². The number of thioether (sulfide) groups is 1. The van der Waals surface area contributed by atoms with Gasteiger partial charge in [-0.3, -0.25) is 18.6 Å². The van der Waals surface area contributed by atoms with Crippen LogP contribution in [-0.4, -0.2) is 45.0 Å². The maximum Gasteiger partial charge on any atom is 0.262 e. The summed E-state index contributed by atoms with van der Waals surface area (Å²) >= 11 is 1.26. The van der Waals surface area contributed by atoms with Crippen molar-refractivity contribution >= 4 is 40.0 Å². The summed E-state index contributed by atoms with van der Waals surface area (Å²) in [4.78, 5) is 25.8. The summed E-state index contributed by atoms with van der Waals surface area (Å²) in [6, 6.07) is 12.6. The van der Waals surface area contributed by atoms with E-state index in [1.807, 2.05) is 22.6 Å². The molecule has 2 heterocycles. The number of aromatic nitrogens is 4. The Morgan fingerprint density at radius 2 is 1.91 bits per heavy atom. The van der Waals surface area contributed by atoms with E-state index in [4.69, 9.17) is 9.47 Å². The summed E-state index contributed by atoms with van der Waals surface area (Å²) in [5.74, 6) is 1.94. The third-order valence-corrected chi connectivity index (χ3v) is 6.35. The minimum Gasteiger partial charge on any atom is -0.497 e. The molecule has 34 heavy (non-hydrogen) atoms. The molecule has 2 aromatic heterocycles. The Hall–Kier alpha value is -3.53. The largest absolute Gasteiger partial charge is 0.497 e. The van der Waals surface area contributed by atoms with Gasteiger partial charge in [-0.1, -0.05) is 37.7 Å². The first-order chi connectivity index (χ1) is 16.4. The number of nitrogens with zero attached hydrogens (tertiary/aromatic N) is 4. The van der Waals surface area contributed by atoms with Crippen molar-refractivity contribution in [2.45, 2.75) is 32.0 Å². The molecule has 0 atom stereocenters. The topological polar surface area (TPSA) is 99.7 Å². The van der Waals surface area contributed by atoms with Crippen LogP contribution in [0.2, 0.25) is 0 Å². The number of ether oxygens (including phenoxy) is 2. The van der Waals surface area contributed by atoms with Crippen molar-refractivity contribution in [2.75, 3.05) is 25.3 Å². The molecule has 0 aliphatic carbocycles. The second-order valence-electron chi connectivity index (χ2n) is 8.18. The number of carbonyl (C=O) groups excluding carboxylic acids is 1. The Kier molecular flexibility index (Phi) is 7.06. The molecule has 9 nitrogen and oxygen atoms in total. The van der Waals surface area contributed by atoms with Crippen molar-refractivity contribution in [1.82, 2.24) is 19.2 Å². The molecule has 0 unspecified atom stereocenters. The fourth-order valence-corrected chi connectivity index (χ4v) is 4.37. The number of amides is 1. The van der Waals surface area contributed by atoms with Gasteiger partial charge in [-0.2, -0.15) is 0 Å². The summed E-state index contributed by atoms with van der Waals surface area (Å²) in [7, 11) is 3.10. The van der Waals surface area contributed by atoms with Crippen LogP contribution in [0, 0.1) is 5.92 Å². The van der Waals surface area contributed by atoms with E-state index in [-0.39, 0.29) is 17.2 Å². The molecule has 0 saturated heterocycles. The number of rotatable bonds is 9. The van der Waals surface area contributed by atoms with Crippen LogP contribution in [0.3, 0.4) is 0 Å². The molecule has 4 rings (SSSR count). The second-order valence-corrected chi connectivity index (χ2v) is 9.12. The molecular weight excluding hydrogens is 454 g/mol. The van der Waals surface area contributed by atoms with E-state index in [0.717, 1.165) is 6.42 Å². The molecule has 10 heteroatoms. The molecular formula is C24H27N5O4S. The minimum absolute atomic E-state index is 0.0861. The molecule has 4 aromatic rings. The maximum absolute atomic E-state index is 13.1. The van der Waals surface area contributed by atoms with Crippen LogP contribution in [0.25, 0.3) is 16.7 Å². The zero-order valence-electron chi connectivity index (χ0n) is 19.6. The Morgan fingerprint density at radius 3 is 2.65 bits per heavy atom. The Bertz CT molecular complexity index is 1400. The molecule has 0 radical (unpaired) electrons. The lowest BCUT2D eigenvalue weighted by Crippen LogP contribution is -2.24. The van der Waals surface area contributed by atoms with E-state index in [9.17, 15) is 9.59 Å². The number of hydrogen-bond acceptors (Lipinski definition) is 7. The van der Waals surface area contributed by atoms with E-state index in [0.29, 0.717) is 51.5 Å². The lowest BCUT2D eigenvalue weighted by Gasteiger charge is -2.13. The zero-order valence-corrected chi connectivity index (χ0v) is 20.4. The molecule has 1 amide bonds. The van der Waals surface area contributed by atoms with Crippen molar-refractivity contribution in [3.63, 3.8) is 0 Å². The lowest BCUT2D eigenvalue weighted by molar-refractivity contribution is -0.113. The van der Waals surface area contributed by atoms with Crippen LogP contribution >= 0.6 is 11.8 Å². The van der Waals surface area contributed by atoms with E-state index >= 15 is 0 Å². The molecule has 1 N–H and O–H groups in total. The maximum atomic E-state index is 13.1. The molecule has 0 aliphatic rings. The van der Waals surface area contributed by atoms with Crippen LogP contribution in [0.4, 0.5) is 5.69 Å². The molecule has 0 bridgehead atoms. The number of nitrogens with one attached hydrogen (secondary N) is 1. The zero-order chi connectivity index (χ0) is 24.2. The third kappa shape index (κ3) is 4.72. The highest BCUT2D eigenvalue weighted by Gasteiger charge is 2.18. The van der Waals surface area contributed by atoms with Crippen molar-refractivity contribution < 1.29 is 14.3 Å². The highest BCUT2D eigenvalue weighted by Crippen LogP contribution is 2.29. The van der Waals surface area contributed by atoms with Gasteiger partial charge < -0.3 is 14.8 Å². The number of carbonyl (C=O) groups is 1. The second kappa shape index (κ2) is 10.2. The number of aryl methyl sites for hydroxylation is 1. The van der Waals surface area contributed by atoms with Gasteiger partial charge >= 0.3 is 0 Å². The summed E-state index contributed by atoms with van der Waals surface area (Å²) < 4.78 is 14.1. The molecule has 0 fully saturated rings. The number of anilines is 1. The van der Waals surface area contributed by atoms with Gasteiger partial charge in [0.25, 0.3) is 5.56 Å². The molecule has 0 aliphatic heterocycles. The fourth-order valence-electron chi connectivity index (χ4n) is 3.63. The minimum atomic E-state index is -0.220. The molecule has 178 valence electrons. The number of para-hydroxylation sites is 1. The van der Waals surface area contributed by atoms with E-state index in [1.54, 1.807) is 35.9 Å². The molecule has 2 aromatic carbocycles. The van der Waals surface area contributed by atoms with E-state index in [2.05, 4.69) is 29.4 Å². The van der Waals surface area contributed by atoms with Crippen molar-refractivity contribution in [3.8, 4) is 11.5 Å². The van der Waals surface area contributed by atoms with Crippen LogP contribution in [0.5, 0.6) is 11.5 Å². The molecule has 0 spiro atoms. The SMILES string of the molecule is COc1ccc(NC(=O)CSc2nnc3n(CCC(C)C)c(=O)c4ccccc4n23)c(OC)c1. The van der Waals surface area contributed by atoms with E-state index in [1.165, 1.54) is 18.9 Å². The quantitative estimate of drug-likeness (QED) is 0.363. The van der Waals surface area contributed by atoms with Gasteiger partial charge in [-0.25, -0.2) is 0 Å². The monoisotopic (exact) mass is 481 g/mol. The first-order valence-corrected chi connectivity index (χ1v) is 11.9. The normalized spacial score (nSPS) is 11.3. The van der Waals surface area contributed by atoms with Gasteiger partial charge in [-0.15, -0.1) is 10.2 Å². The first-order valence-electron chi connectivity index (χ1n) is 10.9. The van der Waals surface area contributed by atoms with Crippen LogP contribution in [0.15, 0.2) is 52.4 Å². The first kappa shape index (κ1) is 23.6. The number of benzene rings is 2. The highest BCUT2D eigenvalue weighted by molar-refractivity contribution is 7.99. The standard InChI is InChI=1S/C24H27N5O4S/c1-15(2)11-12-28-22(31)17-7-5-6-8-19(17)29-23(28)26-27-24(29)34-14-21(30)25-18-10-9-16(32-3)13-20(18)33-4/h5-10,13,15H,11-12,14H2,1-4H3,(H,25,30). The summed E-state index contributed by atoms with van der Waals surface area (Å²) in [5.41, 5.74) is 1.18. The van der Waals surface area contributed by atoms with Gasteiger partial charge in [0, 0.05) is 12.6 Å². The van der Waals surface area contributed by atoms with Crippen LogP contribution < -0.4 is 20.3 Å². The smallest absolute Gasteiger partial charge is 0.262 e. The van der Waals surface area contributed by atoms with Gasteiger partial charge in [0.2, 0.25) is 11.7 Å². The van der Waals surface area contributed by atoms with E-state index < -0.39 is 0 Å². The predicted octanol–water partition coefficient (Wildman–Crippen LogP) is 3.84. The fraction of sp³-hybridized carbons (Fsp3) is 0.333. The highest BCUT2D eigenvalue weighted by atomic mass is 32.2.